The second-order valence-corrected chi connectivity index (χ2v) is 4.84. The number of esters is 2. The van der Waals surface area contributed by atoms with Crippen LogP contribution < -0.4 is 9.47 Å². The normalized spacial score (nSPS) is 10.7. The van der Waals surface area contributed by atoms with Crippen molar-refractivity contribution in [1.29, 1.82) is 0 Å². The van der Waals surface area contributed by atoms with E-state index in [4.69, 9.17) is 9.47 Å². The molecule has 0 aliphatic rings. The van der Waals surface area contributed by atoms with E-state index in [1.165, 1.54) is 20.3 Å². The molecule has 0 aliphatic carbocycles. The predicted molar refractivity (Wildman–Crippen MR) is 79.1 cm³/mol. The van der Waals surface area contributed by atoms with Crippen LogP contribution in [0.3, 0.4) is 0 Å². The van der Waals surface area contributed by atoms with Crippen molar-refractivity contribution in [2.24, 2.45) is 5.92 Å². The lowest BCUT2D eigenvalue weighted by atomic mass is 10.1. The monoisotopic (exact) mass is 292 g/mol. The average Bonchev–Trinajstić information content (AvgIpc) is 2.44. The maximum absolute atomic E-state index is 11.7. The van der Waals surface area contributed by atoms with Crippen LogP contribution in [0, 0.1) is 5.92 Å². The molecule has 0 N–H and O–H groups in total. The Hall–Kier alpha value is -2.30. The van der Waals surface area contributed by atoms with E-state index in [-0.39, 0.29) is 11.9 Å². The molecule has 0 bridgehead atoms. The molecular weight excluding hydrogens is 272 g/mol. The fourth-order valence-corrected chi connectivity index (χ4v) is 1.60. The highest BCUT2D eigenvalue weighted by molar-refractivity contribution is 5.87. The number of rotatable bonds is 6. The Kier molecular flexibility index (Phi) is 6.46. The molecule has 1 aromatic rings. The fourth-order valence-electron chi connectivity index (χ4n) is 1.60. The van der Waals surface area contributed by atoms with E-state index >= 15 is 0 Å². The quantitative estimate of drug-likeness (QED) is 0.458. The molecular formula is C16H20O5. The van der Waals surface area contributed by atoms with Crippen molar-refractivity contribution >= 4 is 18.0 Å². The molecule has 0 radical (unpaired) electrons. The number of ether oxygens (including phenoxy) is 3. The Morgan fingerprint density at radius 2 is 1.90 bits per heavy atom. The number of hydrogen-bond donors (Lipinski definition) is 0. The first kappa shape index (κ1) is 16.8. The molecule has 5 nitrogen and oxygen atoms in total. The lowest BCUT2D eigenvalue weighted by Crippen LogP contribution is -2.11. The van der Waals surface area contributed by atoms with E-state index in [9.17, 15) is 9.59 Å². The van der Waals surface area contributed by atoms with Crippen LogP contribution >= 0.6 is 0 Å². The molecule has 0 saturated heterocycles. The van der Waals surface area contributed by atoms with Gasteiger partial charge in [0.1, 0.15) is 0 Å². The number of hydrogen-bond acceptors (Lipinski definition) is 5. The van der Waals surface area contributed by atoms with Gasteiger partial charge in [-0.25, -0.2) is 4.79 Å². The summed E-state index contributed by atoms with van der Waals surface area (Å²) in [4.78, 5) is 22.7. The van der Waals surface area contributed by atoms with Crippen molar-refractivity contribution in [3.05, 3.63) is 29.8 Å². The molecule has 0 amide bonds. The van der Waals surface area contributed by atoms with Gasteiger partial charge in [0.05, 0.1) is 14.2 Å². The maximum Gasteiger partial charge on any atom is 0.330 e. The summed E-state index contributed by atoms with van der Waals surface area (Å²) in [6, 6.07) is 5.03. The van der Waals surface area contributed by atoms with Gasteiger partial charge in [-0.15, -0.1) is 0 Å². The van der Waals surface area contributed by atoms with Gasteiger partial charge in [0, 0.05) is 12.5 Å². The predicted octanol–water partition coefficient (Wildman–Crippen LogP) is 2.83. The summed E-state index contributed by atoms with van der Waals surface area (Å²) >= 11 is 0. The molecule has 0 fully saturated rings. The molecule has 0 aliphatic heterocycles. The number of methoxy groups -OCH3 is 2. The molecule has 0 aromatic heterocycles. The Balaban J connectivity index is 2.86. The van der Waals surface area contributed by atoms with Crippen LogP contribution in [0.25, 0.3) is 6.08 Å². The SMILES string of the molecule is COC(=O)/C=C/c1ccc(OC(=O)CC(C)C)c(OC)c1. The maximum atomic E-state index is 11.7. The van der Waals surface area contributed by atoms with Gasteiger partial charge in [-0.05, 0) is 29.7 Å². The van der Waals surface area contributed by atoms with Crippen molar-refractivity contribution in [3.63, 3.8) is 0 Å². The van der Waals surface area contributed by atoms with Crippen LogP contribution in [0.5, 0.6) is 11.5 Å². The molecule has 0 spiro atoms. The zero-order valence-electron chi connectivity index (χ0n) is 12.7. The van der Waals surface area contributed by atoms with E-state index in [0.29, 0.717) is 17.9 Å². The van der Waals surface area contributed by atoms with Gasteiger partial charge in [0.25, 0.3) is 0 Å². The van der Waals surface area contributed by atoms with Gasteiger partial charge in [0.2, 0.25) is 0 Å². The fraction of sp³-hybridized carbons (Fsp3) is 0.375. The first-order valence-corrected chi connectivity index (χ1v) is 6.61. The van der Waals surface area contributed by atoms with Crippen LogP contribution in [0.2, 0.25) is 0 Å². The van der Waals surface area contributed by atoms with Crippen molar-refractivity contribution in [2.45, 2.75) is 20.3 Å². The average molecular weight is 292 g/mol. The van der Waals surface area contributed by atoms with Crippen LogP contribution in [0.15, 0.2) is 24.3 Å². The highest BCUT2D eigenvalue weighted by Crippen LogP contribution is 2.29. The van der Waals surface area contributed by atoms with Gasteiger partial charge in [-0.2, -0.15) is 0 Å². The lowest BCUT2D eigenvalue weighted by Gasteiger charge is -2.10. The van der Waals surface area contributed by atoms with Crippen LogP contribution in [0.1, 0.15) is 25.8 Å². The van der Waals surface area contributed by atoms with Crippen molar-refractivity contribution < 1.29 is 23.8 Å². The molecule has 0 atom stereocenters. The minimum atomic E-state index is -0.443. The van der Waals surface area contributed by atoms with Crippen LogP contribution in [-0.2, 0) is 14.3 Å². The number of carbonyl (C=O) groups is 2. The third kappa shape index (κ3) is 5.69. The lowest BCUT2D eigenvalue weighted by molar-refractivity contribution is -0.136. The molecule has 114 valence electrons. The summed E-state index contributed by atoms with van der Waals surface area (Å²) in [6.07, 6.45) is 3.24. The Morgan fingerprint density at radius 3 is 2.48 bits per heavy atom. The van der Waals surface area contributed by atoms with E-state index in [1.54, 1.807) is 24.3 Å². The zero-order chi connectivity index (χ0) is 15.8. The number of benzene rings is 1. The van der Waals surface area contributed by atoms with E-state index in [0.717, 1.165) is 5.56 Å². The molecule has 21 heavy (non-hydrogen) atoms. The molecule has 1 rings (SSSR count). The van der Waals surface area contributed by atoms with Gasteiger partial charge in [-0.3, -0.25) is 4.79 Å². The summed E-state index contributed by atoms with van der Waals surface area (Å²) < 4.78 is 15.0. The second-order valence-electron chi connectivity index (χ2n) is 4.84. The van der Waals surface area contributed by atoms with E-state index in [2.05, 4.69) is 4.74 Å². The Morgan fingerprint density at radius 1 is 1.19 bits per heavy atom. The Bertz CT molecular complexity index is 531. The van der Waals surface area contributed by atoms with Crippen LogP contribution in [-0.4, -0.2) is 26.2 Å². The van der Waals surface area contributed by atoms with Crippen LogP contribution in [0.4, 0.5) is 0 Å². The summed E-state index contributed by atoms with van der Waals surface area (Å²) in [7, 11) is 2.80. The minimum Gasteiger partial charge on any atom is -0.493 e. The molecule has 5 heteroatoms. The summed E-state index contributed by atoms with van der Waals surface area (Å²) in [6.45, 7) is 3.89. The summed E-state index contributed by atoms with van der Waals surface area (Å²) in [5.41, 5.74) is 0.737. The smallest absolute Gasteiger partial charge is 0.330 e. The van der Waals surface area contributed by atoms with Gasteiger partial charge < -0.3 is 14.2 Å². The van der Waals surface area contributed by atoms with Gasteiger partial charge in [-0.1, -0.05) is 19.9 Å². The first-order valence-electron chi connectivity index (χ1n) is 6.61. The highest BCUT2D eigenvalue weighted by atomic mass is 16.6. The molecule has 0 heterocycles. The van der Waals surface area contributed by atoms with Crippen molar-refractivity contribution in [1.82, 2.24) is 0 Å². The topological polar surface area (TPSA) is 61.8 Å². The summed E-state index contributed by atoms with van der Waals surface area (Å²) in [5, 5.41) is 0. The van der Waals surface area contributed by atoms with Crippen molar-refractivity contribution in [2.75, 3.05) is 14.2 Å². The second kappa shape index (κ2) is 8.09. The standard InChI is InChI=1S/C16H20O5/c1-11(2)9-16(18)21-13-7-5-12(10-14(13)19-3)6-8-15(17)20-4/h5-8,10-11H,9H2,1-4H3/b8-6+. The summed E-state index contributed by atoms with van der Waals surface area (Å²) in [5.74, 6) is 0.269. The number of carbonyl (C=O) groups excluding carboxylic acids is 2. The molecule has 0 unspecified atom stereocenters. The van der Waals surface area contributed by atoms with Crippen molar-refractivity contribution in [3.8, 4) is 11.5 Å². The largest absolute Gasteiger partial charge is 0.493 e. The molecule has 0 saturated carbocycles. The zero-order valence-corrected chi connectivity index (χ0v) is 12.7. The Labute approximate surface area is 124 Å². The minimum absolute atomic E-state index is 0.228. The third-order valence-electron chi connectivity index (χ3n) is 2.60. The third-order valence-corrected chi connectivity index (χ3v) is 2.60. The van der Waals surface area contributed by atoms with E-state index in [1.807, 2.05) is 13.8 Å². The van der Waals surface area contributed by atoms with E-state index < -0.39 is 5.97 Å². The van der Waals surface area contributed by atoms with Gasteiger partial charge in [0.15, 0.2) is 11.5 Å². The first-order chi connectivity index (χ1) is 9.96. The van der Waals surface area contributed by atoms with Gasteiger partial charge >= 0.3 is 11.9 Å². The molecule has 1 aromatic carbocycles. The highest BCUT2D eigenvalue weighted by Gasteiger charge is 2.12.